The summed E-state index contributed by atoms with van der Waals surface area (Å²) in [4.78, 5) is 0. The van der Waals surface area contributed by atoms with Crippen molar-refractivity contribution in [2.75, 3.05) is 0 Å². The van der Waals surface area contributed by atoms with Crippen molar-refractivity contribution < 1.29 is 4.65 Å². The molecule has 0 heterocycles. The van der Waals surface area contributed by atoms with E-state index in [4.69, 9.17) is 121 Å². The van der Waals surface area contributed by atoms with E-state index in [0.717, 1.165) is 0 Å². The molecule has 0 saturated carbocycles. The molecule has 12 heteroatoms. The Kier molecular flexibility index (Phi) is 8.66. The van der Waals surface area contributed by atoms with Crippen LogP contribution < -0.4 is 10.9 Å². The van der Waals surface area contributed by atoms with Crippen LogP contribution in [0.2, 0.25) is 50.2 Å². The maximum Gasteiger partial charge on any atom is 0.368 e. The van der Waals surface area contributed by atoms with Crippen LogP contribution in [-0.4, -0.2) is 12.5 Å². The first-order valence-corrected chi connectivity index (χ1v) is 11.2. The van der Waals surface area contributed by atoms with Gasteiger partial charge < -0.3 is 4.65 Å². The summed E-state index contributed by atoms with van der Waals surface area (Å²) in [5, 5.41) is 0.0510. The van der Waals surface area contributed by atoms with Crippen LogP contribution in [0.25, 0.3) is 0 Å². The molecule has 1 nitrogen and oxygen atoms in total. The summed E-state index contributed by atoms with van der Waals surface area (Å²) in [6, 6.07) is 0. The van der Waals surface area contributed by atoms with Gasteiger partial charge in [0.1, 0.15) is 0 Å². The lowest BCUT2D eigenvalue weighted by Crippen LogP contribution is -2.51. The van der Waals surface area contributed by atoms with Crippen LogP contribution in [0.3, 0.4) is 0 Å². The first-order chi connectivity index (χ1) is 12.7. The van der Waals surface area contributed by atoms with Gasteiger partial charge in [-0.15, -0.1) is 0 Å². The van der Waals surface area contributed by atoms with Gasteiger partial charge in [-0.2, -0.15) is 0 Å². The largest absolute Gasteiger partial charge is 0.422 e. The Morgan fingerprint density at radius 3 is 0.893 bits per heavy atom. The van der Waals surface area contributed by atoms with E-state index in [2.05, 4.69) is 0 Å². The summed E-state index contributed by atoms with van der Waals surface area (Å²) in [5.41, 5.74) is -0.298. The van der Waals surface area contributed by atoms with Crippen LogP contribution in [-0.2, 0) is 4.65 Å². The van der Waals surface area contributed by atoms with Gasteiger partial charge in [0.25, 0.3) is 0 Å². The van der Waals surface area contributed by atoms with Gasteiger partial charge in [-0.3, -0.25) is 0 Å². The molecule has 2 aromatic carbocycles. The van der Waals surface area contributed by atoms with Crippen molar-refractivity contribution in [2.45, 2.75) is 26.4 Å². The Balaban J connectivity index is 2.97. The van der Waals surface area contributed by atoms with E-state index in [1.807, 2.05) is 20.8 Å². The fraction of sp³-hybridized carbons (Fsp3) is 0.250. The number of halogens is 10. The van der Waals surface area contributed by atoms with E-state index in [1.54, 1.807) is 0 Å². The van der Waals surface area contributed by atoms with E-state index in [0.29, 0.717) is 0 Å². The van der Waals surface area contributed by atoms with Crippen LogP contribution in [0, 0.1) is 0 Å². The summed E-state index contributed by atoms with van der Waals surface area (Å²) in [7, 11) is 0. The highest BCUT2D eigenvalue weighted by atomic mass is 35.5. The zero-order chi connectivity index (χ0) is 21.7. The van der Waals surface area contributed by atoms with Crippen LogP contribution in [0.1, 0.15) is 20.8 Å². The predicted molar refractivity (Wildman–Crippen MR) is 129 cm³/mol. The smallest absolute Gasteiger partial charge is 0.368 e. The molecule has 2 rings (SSSR count). The average Bonchev–Trinajstić information content (AvgIpc) is 2.60. The molecule has 0 unspecified atom stereocenters. The SMILES string of the molecule is CC(C)(C)OB(c1c(Cl)c(Cl)c(Cl)c(Cl)c1Cl)c1c(Cl)c(Cl)c(Cl)c(Cl)c1Cl. The predicted octanol–water partition coefficient (Wildman–Crippen LogP) is 9.14. The van der Waals surface area contributed by atoms with E-state index >= 15 is 0 Å². The third-order valence-electron chi connectivity index (χ3n) is 3.48. The summed E-state index contributed by atoms with van der Waals surface area (Å²) < 4.78 is 6.17. The zero-order valence-corrected chi connectivity index (χ0v) is 21.8. The number of hydrogen-bond acceptors (Lipinski definition) is 1. The molecule has 152 valence electrons. The summed E-state index contributed by atoms with van der Waals surface area (Å²) in [6.07, 6.45) is 0. The van der Waals surface area contributed by atoms with Gasteiger partial charge in [-0.05, 0) is 31.7 Å². The number of hydrogen-bond donors (Lipinski definition) is 0. The molecule has 2 aromatic rings. The van der Waals surface area contributed by atoms with E-state index in [-0.39, 0.29) is 61.2 Å². The molecule has 28 heavy (non-hydrogen) atoms. The first-order valence-electron chi connectivity index (χ1n) is 7.41. The molecule has 0 radical (unpaired) electrons. The molecule has 0 aliphatic heterocycles. The standard InChI is InChI=1S/C16H9BCl10O/c1-16(2,3)28-17(4-6(18)10(22)14(26)11(23)7(4)19)5-8(20)12(24)15(27)13(25)9(5)21/h1-3H3. The molecule has 0 aromatic heterocycles. The Labute approximate surface area is 213 Å². The second-order valence-electron chi connectivity index (χ2n) is 6.58. The molecule has 0 N–H and O–H groups in total. The Bertz CT molecular complexity index is 826. The van der Waals surface area contributed by atoms with E-state index < -0.39 is 12.5 Å². The minimum atomic E-state index is -1.04. The highest BCUT2D eigenvalue weighted by Crippen LogP contribution is 2.42. The Morgan fingerprint density at radius 2 is 0.679 bits per heavy atom. The molecular weight excluding hydrogens is 574 g/mol. The van der Waals surface area contributed by atoms with Gasteiger partial charge in [0, 0.05) is 5.60 Å². The van der Waals surface area contributed by atoms with Gasteiger partial charge in [0.15, 0.2) is 0 Å². The van der Waals surface area contributed by atoms with Crippen LogP contribution in [0.5, 0.6) is 0 Å². The first kappa shape index (κ1) is 25.6. The van der Waals surface area contributed by atoms with Gasteiger partial charge in [-0.25, -0.2) is 0 Å². The van der Waals surface area contributed by atoms with Gasteiger partial charge in [0.2, 0.25) is 0 Å². The molecular formula is C16H9BCl10O. The summed E-state index contributed by atoms with van der Waals surface area (Å²) >= 11 is 62.9. The third kappa shape index (κ3) is 4.89. The van der Waals surface area contributed by atoms with Crippen LogP contribution >= 0.6 is 116 Å². The molecule has 0 atom stereocenters. The molecule has 0 saturated heterocycles. The summed E-state index contributed by atoms with van der Waals surface area (Å²) in [6.45, 7) is 4.38. The number of benzene rings is 2. The minimum absolute atomic E-state index is 0.000886. The highest BCUT2D eigenvalue weighted by molar-refractivity contribution is 6.88. The zero-order valence-electron chi connectivity index (χ0n) is 14.3. The van der Waals surface area contributed by atoms with E-state index in [1.165, 1.54) is 0 Å². The van der Waals surface area contributed by atoms with Crippen molar-refractivity contribution in [1.82, 2.24) is 0 Å². The van der Waals surface area contributed by atoms with Crippen molar-refractivity contribution in [3.05, 3.63) is 50.2 Å². The third-order valence-corrected chi connectivity index (χ3v) is 8.10. The normalized spacial score (nSPS) is 11.9. The molecule has 0 amide bonds. The summed E-state index contributed by atoms with van der Waals surface area (Å²) in [5.74, 6) is 0. The number of rotatable bonds is 3. The van der Waals surface area contributed by atoms with Crippen molar-refractivity contribution >= 4 is 134 Å². The van der Waals surface area contributed by atoms with Crippen LogP contribution in [0.15, 0.2) is 0 Å². The monoisotopic (exact) mass is 578 g/mol. The van der Waals surface area contributed by atoms with Gasteiger partial charge in [-0.1, -0.05) is 116 Å². The average molecular weight is 583 g/mol. The molecule has 0 spiro atoms. The fourth-order valence-corrected chi connectivity index (χ4v) is 5.02. The van der Waals surface area contributed by atoms with Crippen molar-refractivity contribution in [2.24, 2.45) is 0 Å². The molecule has 0 bridgehead atoms. The maximum absolute atomic E-state index is 6.45. The second-order valence-corrected chi connectivity index (χ2v) is 10.4. The lowest BCUT2D eigenvalue weighted by atomic mass is 9.54. The Hall–Kier alpha value is 1.36. The fourth-order valence-electron chi connectivity index (χ4n) is 2.32. The minimum Gasteiger partial charge on any atom is -0.422 e. The van der Waals surface area contributed by atoms with Crippen LogP contribution in [0.4, 0.5) is 0 Å². The lowest BCUT2D eigenvalue weighted by Gasteiger charge is -2.29. The van der Waals surface area contributed by atoms with Gasteiger partial charge >= 0.3 is 6.92 Å². The highest BCUT2D eigenvalue weighted by Gasteiger charge is 2.38. The van der Waals surface area contributed by atoms with Crippen molar-refractivity contribution in [3.63, 3.8) is 0 Å². The topological polar surface area (TPSA) is 9.23 Å². The quantitative estimate of drug-likeness (QED) is 0.199. The van der Waals surface area contributed by atoms with Crippen molar-refractivity contribution in [3.8, 4) is 0 Å². The molecule has 0 aliphatic carbocycles. The maximum atomic E-state index is 6.45. The van der Waals surface area contributed by atoms with E-state index in [9.17, 15) is 0 Å². The molecule has 0 aliphatic rings. The second kappa shape index (κ2) is 9.47. The molecule has 0 fully saturated rings. The van der Waals surface area contributed by atoms with Gasteiger partial charge in [0.05, 0.1) is 50.2 Å². The van der Waals surface area contributed by atoms with Crippen molar-refractivity contribution in [1.29, 1.82) is 0 Å². The Morgan fingerprint density at radius 1 is 0.464 bits per heavy atom. The lowest BCUT2D eigenvalue weighted by molar-refractivity contribution is 0.136.